The lowest BCUT2D eigenvalue weighted by Crippen LogP contribution is -2.39. The summed E-state index contributed by atoms with van der Waals surface area (Å²) < 4.78 is 0. The maximum atomic E-state index is 4.72. The van der Waals surface area contributed by atoms with E-state index in [2.05, 4.69) is 73.6 Å². The van der Waals surface area contributed by atoms with Crippen molar-refractivity contribution in [1.82, 2.24) is 15.1 Å². The first-order valence-corrected chi connectivity index (χ1v) is 9.14. The monoisotopic (exact) mass is 450 g/mol. The van der Waals surface area contributed by atoms with Crippen molar-refractivity contribution in [2.45, 2.75) is 25.3 Å². The summed E-state index contributed by atoms with van der Waals surface area (Å²) in [6, 6.07) is 8.73. The molecule has 0 amide bonds. The van der Waals surface area contributed by atoms with Crippen LogP contribution in [0.15, 0.2) is 34.2 Å². The number of nitrogens with one attached hydrogen (secondary N) is 1. The van der Waals surface area contributed by atoms with Crippen LogP contribution in [0.4, 0.5) is 0 Å². The third kappa shape index (κ3) is 8.81. The molecule has 0 aromatic heterocycles. The van der Waals surface area contributed by atoms with E-state index in [1.807, 2.05) is 0 Å². The summed E-state index contributed by atoms with van der Waals surface area (Å²) in [7, 11) is 4.22. The number of likely N-dealkylation sites (N-methyl/N-ethyl adjacent to an activating group) is 1. The van der Waals surface area contributed by atoms with Gasteiger partial charge >= 0.3 is 0 Å². The van der Waals surface area contributed by atoms with Gasteiger partial charge in [0.1, 0.15) is 0 Å². The van der Waals surface area contributed by atoms with E-state index in [0.717, 1.165) is 38.7 Å². The van der Waals surface area contributed by atoms with Crippen molar-refractivity contribution < 1.29 is 0 Å². The smallest absolute Gasteiger partial charge is 0.194 e. The highest BCUT2D eigenvalue weighted by atomic mass is 127. The van der Waals surface area contributed by atoms with Gasteiger partial charge in [0.05, 0.1) is 6.54 Å². The Morgan fingerprint density at radius 1 is 1.17 bits per heavy atom. The minimum atomic E-state index is 0. The SMILES string of the molecule is CCNC(=NCCN(C)CC)N(C)Cc1ccc(SC)cc1.I. The molecule has 0 spiro atoms. The van der Waals surface area contributed by atoms with Crippen LogP contribution in [0.3, 0.4) is 0 Å². The zero-order valence-electron chi connectivity index (χ0n) is 15.0. The number of thioether (sulfide) groups is 1. The molecule has 0 heterocycles. The molecule has 0 fully saturated rings. The summed E-state index contributed by atoms with van der Waals surface area (Å²) in [5.74, 6) is 0.973. The van der Waals surface area contributed by atoms with Gasteiger partial charge in [0.15, 0.2) is 5.96 Å². The van der Waals surface area contributed by atoms with Gasteiger partial charge in [-0.1, -0.05) is 19.1 Å². The highest BCUT2D eigenvalue weighted by Gasteiger charge is 2.06. The first-order valence-electron chi connectivity index (χ1n) is 7.91. The van der Waals surface area contributed by atoms with Gasteiger partial charge in [-0.05, 0) is 44.5 Å². The number of benzene rings is 1. The molecule has 0 bridgehead atoms. The average molecular weight is 450 g/mol. The lowest BCUT2D eigenvalue weighted by Gasteiger charge is -2.22. The molecule has 1 rings (SSSR count). The predicted molar refractivity (Wildman–Crippen MR) is 114 cm³/mol. The van der Waals surface area contributed by atoms with Gasteiger partial charge in [-0.2, -0.15) is 0 Å². The molecule has 23 heavy (non-hydrogen) atoms. The van der Waals surface area contributed by atoms with Crippen molar-refractivity contribution >= 4 is 41.7 Å². The van der Waals surface area contributed by atoms with Crippen molar-refractivity contribution in [1.29, 1.82) is 0 Å². The van der Waals surface area contributed by atoms with Crippen LogP contribution in [-0.4, -0.2) is 62.3 Å². The van der Waals surface area contributed by atoms with E-state index in [-0.39, 0.29) is 24.0 Å². The Bertz CT molecular complexity index is 450. The fourth-order valence-corrected chi connectivity index (χ4v) is 2.44. The molecule has 0 atom stereocenters. The maximum Gasteiger partial charge on any atom is 0.194 e. The second-order valence-corrected chi connectivity index (χ2v) is 6.22. The van der Waals surface area contributed by atoms with Crippen LogP contribution in [-0.2, 0) is 6.54 Å². The lowest BCUT2D eigenvalue weighted by molar-refractivity contribution is 0.361. The average Bonchev–Trinajstić information content (AvgIpc) is 2.54. The van der Waals surface area contributed by atoms with Crippen LogP contribution in [0.1, 0.15) is 19.4 Å². The van der Waals surface area contributed by atoms with E-state index in [0.29, 0.717) is 0 Å². The van der Waals surface area contributed by atoms with Gasteiger partial charge < -0.3 is 15.1 Å². The van der Waals surface area contributed by atoms with E-state index >= 15 is 0 Å². The molecule has 4 nitrogen and oxygen atoms in total. The zero-order chi connectivity index (χ0) is 16.4. The molecular formula is C17H31IN4S. The van der Waals surface area contributed by atoms with Gasteiger partial charge in [0.25, 0.3) is 0 Å². The van der Waals surface area contributed by atoms with Crippen molar-refractivity contribution in [2.75, 3.05) is 46.5 Å². The lowest BCUT2D eigenvalue weighted by atomic mass is 10.2. The van der Waals surface area contributed by atoms with E-state index < -0.39 is 0 Å². The molecule has 0 radical (unpaired) electrons. The third-order valence-corrected chi connectivity index (χ3v) is 4.30. The molecule has 1 aromatic rings. The molecule has 0 saturated carbocycles. The third-order valence-electron chi connectivity index (χ3n) is 3.56. The van der Waals surface area contributed by atoms with Crippen LogP contribution in [0.2, 0.25) is 0 Å². The summed E-state index contributed by atoms with van der Waals surface area (Å²) in [6.45, 7) is 8.89. The van der Waals surface area contributed by atoms with Gasteiger partial charge in [0, 0.05) is 31.6 Å². The summed E-state index contributed by atoms with van der Waals surface area (Å²) in [5.41, 5.74) is 1.30. The second kappa shape index (κ2) is 12.9. The number of hydrogen-bond acceptors (Lipinski definition) is 3. The van der Waals surface area contributed by atoms with Crippen LogP contribution >= 0.6 is 35.7 Å². The Morgan fingerprint density at radius 3 is 2.35 bits per heavy atom. The first kappa shape index (κ1) is 22.5. The number of aliphatic imine (C=N–C) groups is 1. The summed E-state index contributed by atoms with van der Waals surface area (Å²) >= 11 is 1.77. The fraction of sp³-hybridized carbons (Fsp3) is 0.588. The summed E-state index contributed by atoms with van der Waals surface area (Å²) in [6.07, 6.45) is 2.10. The number of hydrogen-bond donors (Lipinski definition) is 1. The largest absolute Gasteiger partial charge is 0.357 e. The molecular weight excluding hydrogens is 419 g/mol. The predicted octanol–water partition coefficient (Wildman–Crippen LogP) is 3.38. The highest BCUT2D eigenvalue weighted by Crippen LogP contribution is 2.15. The summed E-state index contributed by atoms with van der Waals surface area (Å²) in [5, 5.41) is 3.37. The molecule has 0 unspecified atom stereocenters. The Kier molecular flexibility index (Phi) is 12.6. The van der Waals surface area contributed by atoms with Crippen LogP contribution in [0, 0.1) is 0 Å². The number of nitrogens with zero attached hydrogens (tertiary/aromatic N) is 3. The molecule has 0 saturated heterocycles. The van der Waals surface area contributed by atoms with E-state index in [1.165, 1.54) is 10.5 Å². The molecule has 0 aliphatic rings. The van der Waals surface area contributed by atoms with E-state index in [9.17, 15) is 0 Å². The molecule has 0 aliphatic carbocycles. The van der Waals surface area contributed by atoms with Gasteiger partial charge in [-0.15, -0.1) is 35.7 Å². The fourth-order valence-electron chi connectivity index (χ4n) is 2.03. The zero-order valence-corrected chi connectivity index (χ0v) is 18.1. The highest BCUT2D eigenvalue weighted by molar-refractivity contribution is 14.0. The molecule has 1 N–H and O–H groups in total. The molecule has 6 heteroatoms. The van der Waals surface area contributed by atoms with Crippen LogP contribution < -0.4 is 5.32 Å². The first-order chi connectivity index (χ1) is 10.6. The Balaban J connectivity index is 0.00000484. The van der Waals surface area contributed by atoms with Gasteiger partial charge in [-0.25, -0.2) is 0 Å². The van der Waals surface area contributed by atoms with Crippen LogP contribution in [0.5, 0.6) is 0 Å². The van der Waals surface area contributed by atoms with Crippen molar-refractivity contribution in [3.8, 4) is 0 Å². The topological polar surface area (TPSA) is 30.9 Å². The quantitative estimate of drug-likeness (QED) is 0.285. The van der Waals surface area contributed by atoms with Crippen LogP contribution in [0.25, 0.3) is 0 Å². The Hall–Kier alpha value is -0.470. The summed E-state index contributed by atoms with van der Waals surface area (Å²) in [4.78, 5) is 10.5. The number of guanidine groups is 1. The Morgan fingerprint density at radius 2 is 1.83 bits per heavy atom. The molecule has 132 valence electrons. The van der Waals surface area contributed by atoms with Gasteiger partial charge in [0.2, 0.25) is 0 Å². The Labute approximate surface area is 163 Å². The van der Waals surface area contributed by atoms with Crippen molar-refractivity contribution in [3.05, 3.63) is 29.8 Å². The molecule has 1 aromatic carbocycles. The number of halogens is 1. The second-order valence-electron chi connectivity index (χ2n) is 5.34. The van der Waals surface area contributed by atoms with E-state index in [4.69, 9.17) is 4.99 Å². The van der Waals surface area contributed by atoms with Crippen molar-refractivity contribution in [2.24, 2.45) is 4.99 Å². The van der Waals surface area contributed by atoms with E-state index in [1.54, 1.807) is 11.8 Å². The van der Waals surface area contributed by atoms with Crippen molar-refractivity contribution in [3.63, 3.8) is 0 Å². The standard InChI is InChI=1S/C17H30N4S.HI/c1-6-18-17(19-12-13-20(3)7-2)21(4)14-15-8-10-16(22-5)11-9-15;/h8-11H,6-7,12-14H2,1-5H3,(H,18,19);1H. The number of rotatable bonds is 8. The normalized spacial score (nSPS) is 11.3. The minimum Gasteiger partial charge on any atom is -0.357 e. The van der Waals surface area contributed by atoms with Gasteiger partial charge in [-0.3, -0.25) is 4.99 Å². The maximum absolute atomic E-state index is 4.72. The molecule has 0 aliphatic heterocycles. The minimum absolute atomic E-state index is 0.